The van der Waals surface area contributed by atoms with Crippen LogP contribution in [0.5, 0.6) is 0 Å². The smallest absolute Gasteiger partial charge is 0.152 e. The molecule has 0 aliphatic carbocycles. The van der Waals surface area contributed by atoms with Crippen molar-refractivity contribution in [2.75, 3.05) is 7.11 Å². The minimum atomic E-state index is -1.36. The predicted octanol–water partition coefficient (Wildman–Crippen LogP) is 2.88. The molecule has 0 saturated carbocycles. The van der Waals surface area contributed by atoms with Crippen LogP contribution in [0.1, 0.15) is 5.56 Å². The Balaban J connectivity index is 2.67. The van der Waals surface area contributed by atoms with E-state index in [0.29, 0.717) is 0 Å². The molecule has 0 spiro atoms. The average molecular weight is 209 g/mol. The molecule has 0 saturated heterocycles. The van der Waals surface area contributed by atoms with Gasteiger partial charge in [-0.2, -0.15) is 0 Å². The summed E-state index contributed by atoms with van der Waals surface area (Å²) in [6.45, 7) is 7.71. The van der Waals surface area contributed by atoms with Gasteiger partial charge in [0.2, 0.25) is 0 Å². The zero-order valence-corrected chi connectivity index (χ0v) is 10.4. The van der Waals surface area contributed by atoms with Gasteiger partial charge in [0, 0.05) is 6.54 Å². The fourth-order valence-electron chi connectivity index (χ4n) is 1.32. The van der Waals surface area contributed by atoms with Gasteiger partial charge in [0.15, 0.2) is 8.24 Å². The van der Waals surface area contributed by atoms with E-state index >= 15 is 0 Å². The highest BCUT2D eigenvalue weighted by Gasteiger charge is 2.23. The maximum Gasteiger partial charge on any atom is 0.152 e. The second-order valence-corrected chi connectivity index (χ2v) is 9.22. The lowest BCUT2D eigenvalue weighted by molar-refractivity contribution is -0.0683. The van der Waals surface area contributed by atoms with Crippen molar-refractivity contribution >= 4 is 8.24 Å². The minimum Gasteiger partial charge on any atom is -0.309 e. The summed E-state index contributed by atoms with van der Waals surface area (Å²) >= 11 is 0. The molecule has 2 nitrogen and oxygen atoms in total. The van der Waals surface area contributed by atoms with Gasteiger partial charge in [-0.25, -0.2) is 4.73 Å². The van der Waals surface area contributed by atoms with Gasteiger partial charge in [-0.05, 0) is 5.56 Å². The Hall–Kier alpha value is -0.643. The lowest BCUT2D eigenvalue weighted by atomic mass is 10.2. The molecule has 0 aliphatic rings. The largest absolute Gasteiger partial charge is 0.309 e. The zero-order valence-electron chi connectivity index (χ0n) is 9.45. The molecule has 1 rings (SSSR count). The summed E-state index contributed by atoms with van der Waals surface area (Å²) in [5.41, 5.74) is 1.30. The molecule has 0 bridgehead atoms. The number of rotatable bonds is 4. The molecular formula is C11H19NOSi. The van der Waals surface area contributed by atoms with Crippen molar-refractivity contribution in [3.8, 4) is 0 Å². The summed E-state index contributed by atoms with van der Waals surface area (Å²) in [5.74, 6) is 0. The molecule has 1 aromatic rings. The molecule has 78 valence electrons. The van der Waals surface area contributed by atoms with E-state index in [4.69, 9.17) is 4.84 Å². The minimum absolute atomic E-state index is 0.882. The fraction of sp³-hybridized carbons (Fsp3) is 0.455. The number of hydrogen-bond donors (Lipinski definition) is 0. The van der Waals surface area contributed by atoms with Crippen molar-refractivity contribution in [2.45, 2.75) is 26.2 Å². The molecular weight excluding hydrogens is 190 g/mol. The van der Waals surface area contributed by atoms with Crippen molar-refractivity contribution in [1.29, 1.82) is 0 Å². The third kappa shape index (κ3) is 3.25. The molecule has 0 radical (unpaired) electrons. The highest BCUT2D eigenvalue weighted by molar-refractivity contribution is 6.72. The van der Waals surface area contributed by atoms with Crippen LogP contribution in [0.3, 0.4) is 0 Å². The quantitative estimate of drug-likeness (QED) is 0.558. The lowest BCUT2D eigenvalue weighted by Gasteiger charge is -2.31. The Bertz CT molecular complexity index is 268. The number of benzene rings is 1. The van der Waals surface area contributed by atoms with Crippen LogP contribution >= 0.6 is 0 Å². The van der Waals surface area contributed by atoms with Gasteiger partial charge in [0.1, 0.15) is 0 Å². The van der Waals surface area contributed by atoms with Crippen LogP contribution in [-0.4, -0.2) is 20.1 Å². The number of hydroxylamine groups is 1. The first kappa shape index (κ1) is 11.4. The maximum absolute atomic E-state index is 5.41. The van der Waals surface area contributed by atoms with Gasteiger partial charge in [-0.3, -0.25) is 0 Å². The number of nitrogens with zero attached hydrogens (tertiary/aromatic N) is 1. The van der Waals surface area contributed by atoms with Crippen LogP contribution < -0.4 is 0 Å². The molecule has 14 heavy (non-hydrogen) atoms. The molecule has 0 N–H and O–H groups in total. The van der Waals surface area contributed by atoms with Crippen LogP contribution in [0.2, 0.25) is 19.6 Å². The topological polar surface area (TPSA) is 12.5 Å². The van der Waals surface area contributed by atoms with E-state index in [2.05, 4.69) is 48.6 Å². The summed E-state index contributed by atoms with van der Waals surface area (Å²) in [4.78, 5) is 5.41. The van der Waals surface area contributed by atoms with E-state index in [1.54, 1.807) is 7.11 Å². The van der Waals surface area contributed by atoms with Crippen molar-refractivity contribution in [1.82, 2.24) is 4.73 Å². The van der Waals surface area contributed by atoms with E-state index < -0.39 is 8.24 Å². The van der Waals surface area contributed by atoms with Gasteiger partial charge in [0.05, 0.1) is 7.11 Å². The van der Waals surface area contributed by atoms with Crippen molar-refractivity contribution in [3.05, 3.63) is 35.9 Å². The van der Waals surface area contributed by atoms with Crippen LogP contribution in [0, 0.1) is 0 Å². The van der Waals surface area contributed by atoms with Gasteiger partial charge >= 0.3 is 0 Å². The van der Waals surface area contributed by atoms with Crippen LogP contribution in [-0.2, 0) is 11.4 Å². The highest BCUT2D eigenvalue weighted by atomic mass is 28.3. The van der Waals surface area contributed by atoms with Crippen LogP contribution in [0.15, 0.2) is 30.3 Å². The van der Waals surface area contributed by atoms with Crippen LogP contribution in [0.4, 0.5) is 0 Å². The van der Waals surface area contributed by atoms with E-state index in [0.717, 1.165) is 6.54 Å². The lowest BCUT2D eigenvalue weighted by Crippen LogP contribution is -2.44. The number of hydrogen-bond acceptors (Lipinski definition) is 2. The van der Waals surface area contributed by atoms with E-state index in [1.165, 1.54) is 5.56 Å². The Labute approximate surface area is 87.5 Å². The molecule has 0 amide bonds. The molecule has 0 aromatic heterocycles. The van der Waals surface area contributed by atoms with E-state index in [9.17, 15) is 0 Å². The Kier molecular flexibility index (Phi) is 3.86. The van der Waals surface area contributed by atoms with E-state index in [-0.39, 0.29) is 0 Å². The van der Waals surface area contributed by atoms with Gasteiger partial charge in [-0.1, -0.05) is 50.0 Å². The first-order valence-electron chi connectivity index (χ1n) is 4.89. The first-order valence-corrected chi connectivity index (χ1v) is 8.34. The first-order chi connectivity index (χ1) is 6.54. The summed E-state index contributed by atoms with van der Waals surface area (Å²) in [6, 6.07) is 10.4. The molecule has 3 heteroatoms. The normalized spacial score (nSPS) is 12.1. The summed E-state index contributed by atoms with van der Waals surface area (Å²) in [5, 5.41) is 0. The average Bonchev–Trinajstić information content (AvgIpc) is 2.14. The van der Waals surface area contributed by atoms with E-state index in [1.807, 2.05) is 6.07 Å². The maximum atomic E-state index is 5.41. The van der Waals surface area contributed by atoms with Gasteiger partial charge < -0.3 is 4.84 Å². The summed E-state index contributed by atoms with van der Waals surface area (Å²) in [7, 11) is 0.393. The monoisotopic (exact) mass is 209 g/mol. The SMILES string of the molecule is CON(Cc1ccccc1)[Si](C)(C)C. The van der Waals surface area contributed by atoms with Gasteiger partial charge in [0.25, 0.3) is 0 Å². The zero-order chi connectivity index (χ0) is 10.6. The summed E-state index contributed by atoms with van der Waals surface area (Å²) in [6.07, 6.45) is 0. The Morgan fingerprint density at radius 1 is 1.14 bits per heavy atom. The molecule has 0 aliphatic heterocycles. The Morgan fingerprint density at radius 2 is 1.71 bits per heavy atom. The second-order valence-electron chi connectivity index (χ2n) is 4.38. The third-order valence-electron chi connectivity index (χ3n) is 2.14. The Morgan fingerprint density at radius 3 is 2.14 bits per heavy atom. The molecule has 0 unspecified atom stereocenters. The third-order valence-corrected chi connectivity index (χ3v) is 3.97. The van der Waals surface area contributed by atoms with Crippen molar-refractivity contribution in [2.24, 2.45) is 0 Å². The second kappa shape index (κ2) is 4.73. The summed E-state index contributed by atoms with van der Waals surface area (Å²) < 4.78 is 2.11. The standard InChI is InChI=1S/C11H19NOSi/c1-13-12(14(2,3)4)10-11-8-6-5-7-9-11/h5-9H,10H2,1-4H3. The van der Waals surface area contributed by atoms with Crippen molar-refractivity contribution < 1.29 is 4.84 Å². The predicted molar refractivity (Wildman–Crippen MR) is 62.3 cm³/mol. The van der Waals surface area contributed by atoms with Gasteiger partial charge in [-0.15, -0.1) is 0 Å². The molecule has 0 atom stereocenters. The van der Waals surface area contributed by atoms with Crippen LogP contribution in [0.25, 0.3) is 0 Å². The molecule has 0 fully saturated rings. The highest BCUT2D eigenvalue weighted by Crippen LogP contribution is 2.13. The fourth-order valence-corrected chi connectivity index (χ4v) is 2.53. The molecule has 0 heterocycles. The molecule has 1 aromatic carbocycles. The van der Waals surface area contributed by atoms with Crippen molar-refractivity contribution in [3.63, 3.8) is 0 Å².